The lowest BCUT2D eigenvalue weighted by molar-refractivity contribution is 0.467. The normalized spacial score (nSPS) is 14.9. The molecule has 0 bridgehead atoms. The predicted octanol–water partition coefficient (Wildman–Crippen LogP) is 5.98. The topological polar surface area (TPSA) is 0 Å². The molecule has 1 aliphatic rings. The summed E-state index contributed by atoms with van der Waals surface area (Å²) in [4.78, 5) is 0. The minimum Gasteiger partial charge on any atom is -0.106 e. The van der Waals surface area contributed by atoms with Gasteiger partial charge in [0.05, 0.1) is 0 Å². The lowest BCUT2D eigenvalue weighted by atomic mass is 10.00. The number of hydrogen-bond acceptors (Lipinski definition) is 0. The Morgan fingerprint density at radius 2 is 1.47 bits per heavy atom. The SMILES string of the molecule is C=C.CC.CCCCCCC1CCCC1. The standard InChI is InChI=1S/C11H22.C2H6.C2H4/c1-2-3-4-5-8-11-9-6-7-10-11;2*1-2/h11H,2-10H2,1H3;1-2H3;1-2H2. The molecule has 0 aromatic carbocycles. The largest absolute Gasteiger partial charge is 0.106 e. The van der Waals surface area contributed by atoms with Crippen LogP contribution in [-0.4, -0.2) is 0 Å². The first-order chi connectivity index (χ1) is 7.43. The second-order valence-electron chi connectivity index (χ2n) is 4.00. The van der Waals surface area contributed by atoms with Crippen LogP contribution in [0.5, 0.6) is 0 Å². The summed E-state index contributed by atoms with van der Waals surface area (Å²) in [7, 11) is 0. The van der Waals surface area contributed by atoms with Crippen molar-refractivity contribution in [3.05, 3.63) is 13.2 Å². The van der Waals surface area contributed by atoms with Crippen LogP contribution in [-0.2, 0) is 0 Å². The maximum Gasteiger partial charge on any atom is -0.0414 e. The Hall–Kier alpha value is -0.260. The zero-order valence-corrected chi connectivity index (χ0v) is 11.4. The van der Waals surface area contributed by atoms with Gasteiger partial charge < -0.3 is 0 Å². The molecule has 1 saturated carbocycles. The van der Waals surface area contributed by atoms with Crippen molar-refractivity contribution in [1.29, 1.82) is 0 Å². The molecule has 0 nitrogen and oxygen atoms in total. The van der Waals surface area contributed by atoms with Crippen LogP contribution in [0.3, 0.4) is 0 Å². The van der Waals surface area contributed by atoms with Gasteiger partial charge in [-0.3, -0.25) is 0 Å². The summed E-state index contributed by atoms with van der Waals surface area (Å²) in [6, 6.07) is 0. The lowest BCUT2D eigenvalue weighted by Gasteiger charge is -2.06. The van der Waals surface area contributed by atoms with E-state index in [4.69, 9.17) is 0 Å². The molecule has 15 heavy (non-hydrogen) atoms. The molecule has 1 aliphatic carbocycles. The number of hydrogen-bond donors (Lipinski definition) is 0. The quantitative estimate of drug-likeness (QED) is 0.389. The molecule has 0 radical (unpaired) electrons. The molecule has 0 spiro atoms. The first-order valence-electron chi connectivity index (χ1n) is 6.93. The molecule has 1 rings (SSSR count). The minimum atomic E-state index is 1.12. The molecule has 0 amide bonds. The minimum absolute atomic E-state index is 1.12. The summed E-state index contributed by atoms with van der Waals surface area (Å²) in [6.07, 6.45) is 13.4. The molecule has 0 unspecified atom stereocenters. The third kappa shape index (κ3) is 11.7. The van der Waals surface area contributed by atoms with Crippen molar-refractivity contribution in [2.45, 2.75) is 78.6 Å². The van der Waals surface area contributed by atoms with Gasteiger partial charge in [-0.2, -0.15) is 0 Å². The molecular weight excluding hydrogens is 180 g/mol. The van der Waals surface area contributed by atoms with Crippen LogP contribution in [0.1, 0.15) is 78.6 Å². The van der Waals surface area contributed by atoms with Gasteiger partial charge in [0, 0.05) is 0 Å². The van der Waals surface area contributed by atoms with E-state index in [1.807, 2.05) is 13.8 Å². The summed E-state index contributed by atoms with van der Waals surface area (Å²) < 4.78 is 0. The highest BCUT2D eigenvalue weighted by Crippen LogP contribution is 2.29. The van der Waals surface area contributed by atoms with Crippen LogP contribution in [0.25, 0.3) is 0 Å². The molecule has 0 aromatic heterocycles. The lowest BCUT2D eigenvalue weighted by Crippen LogP contribution is -1.92. The predicted molar refractivity (Wildman–Crippen MR) is 73.3 cm³/mol. The molecule has 0 N–H and O–H groups in total. The second-order valence-corrected chi connectivity index (χ2v) is 4.00. The van der Waals surface area contributed by atoms with E-state index in [1.165, 1.54) is 57.8 Å². The summed E-state index contributed by atoms with van der Waals surface area (Å²) in [5, 5.41) is 0. The van der Waals surface area contributed by atoms with E-state index in [-0.39, 0.29) is 0 Å². The smallest absolute Gasteiger partial charge is 0.0414 e. The van der Waals surface area contributed by atoms with Crippen molar-refractivity contribution in [1.82, 2.24) is 0 Å². The van der Waals surface area contributed by atoms with E-state index in [1.54, 1.807) is 0 Å². The Morgan fingerprint density at radius 3 is 1.93 bits per heavy atom. The van der Waals surface area contributed by atoms with Gasteiger partial charge in [-0.1, -0.05) is 78.6 Å². The Kier molecular flexibility index (Phi) is 18.5. The molecule has 1 fully saturated rings. The van der Waals surface area contributed by atoms with E-state index < -0.39 is 0 Å². The summed E-state index contributed by atoms with van der Waals surface area (Å²) in [6.45, 7) is 12.3. The second kappa shape index (κ2) is 16.2. The zero-order valence-electron chi connectivity index (χ0n) is 11.4. The van der Waals surface area contributed by atoms with Gasteiger partial charge in [0.2, 0.25) is 0 Å². The average molecular weight is 212 g/mol. The van der Waals surface area contributed by atoms with Crippen molar-refractivity contribution in [2.75, 3.05) is 0 Å². The monoisotopic (exact) mass is 212 g/mol. The average Bonchev–Trinajstić information content (AvgIpc) is 2.83. The highest BCUT2D eigenvalue weighted by Gasteiger charge is 2.13. The van der Waals surface area contributed by atoms with Crippen molar-refractivity contribution in [2.24, 2.45) is 5.92 Å². The van der Waals surface area contributed by atoms with Gasteiger partial charge in [-0.05, 0) is 5.92 Å². The molecule has 0 aliphatic heterocycles. The fourth-order valence-electron chi connectivity index (χ4n) is 2.16. The van der Waals surface area contributed by atoms with Gasteiger partial charge >= 0.3 is 0 Å². The number of rotatable bonds is 5. The molecule has 0 heterocycles. The highest BCUT2D eigenvalue weighted by molar-refractivity contribution is 4.66. The number of unbranched alkanes of at least 4 members (excludes halogenated alkanes) is 3. The fraction of sp³-hybridized carbons (Fsp3) is 0.867. The zero-order chi connectivity index (χ0) is 11.9. The van der Waals surface area contributed by atoms with E-state index >= 15 is 0 Å². The van der Waals surface area contributed by atoms with Gasteiger partial charge in [-0.25, -0.2) is 0 Å². The highest BCUT2D eigenvalue weighted by atomic mass is 14.2. The molecule has 0 aromatic rings. The van der Waals surface area contributed by atoms with Crippen LogP contribution in [0.2, 0.25) is 0 Å². The molecule has 0 heteroatoms. The summed E-state index contributed by atoms with van der Waals surface area (Å²) in [5.74, 6) is 1.12. The molecular formula is C15H32. The van der Waals surface area contributed by atoms with Crippen molar-refractivity contribution in [3.63, 3.8) is 0 Å². The third-order valence-electron chi connectivity index (χ3n) is 2.94. The molecule has 0 atom stereocenters. The summed E-state index contributed by atoms with van der Waals surface area (Å²) in [5.41, 5.74) is 0. The Labute approximate surface area is 98.2 Å². The van der Waals surface area contributed by atoms with E-state index in [9.17, 15) is 0 Å². The van der Waals surface area contributed by atoms with Crippen LogP contribution in [0.15, 0.2) is 13.2 Å². The van der Waals surface area contributed by atoms with Gasteiger partial charge in [0.25, 0.3) is 0 Å². The fourth-order valence-corrected chi connectivity index (χ4v) is 2.16. The Balaban J connectivity index is 0. The van der Waals surface area contributed by atoms with E-state index in [0.717, 1.165) is 5.92 Å². The van der Waals surface area contributed by atoms with Crippen molar-refractivity contribution < 1.29 is 0 Å². The molecule has 92 valence electrons. The van der Waals surface area contributed by atoms with Crippen LogP contribution < -0.4 is 0 Å². The van der Waals surface area contributed by atoms with Crippen LogP contribution in [0.4, 0.5) is 0 Å². The van der Waals surface area contributed by atoms with Crippen molar-refractivity contribution in [3.8, 4) is 0 Å². The Bertz CT molecular complexity index is 90.2. The maximum atomic E-state index is 3.00. The Morgan fingerprint density at radius 1 is 0.933 bits per heavy atom. The van der Waals surface area contributed by atoms with Crippen LogP contribution >= 0.6 is 0 Å². The summed E-state index contributed by atoms with van der Waals surface area (Å²) >= 11 is 0. The van der Waals surface area contributed by atoms with Crippen LogP contribution in [0, 0.1) is 5.92 Å². The third-order valence-corrected chi connectivity index (χ3v) is 2.94. The maximum absolute atomic E-state index is 3.00. The first kappa shape index (κ1) is 17.1. The first-order valence-corrected chi connectivity index (χ1v) is 6.93. The van der Waals surface area contributed by atoms with E-state index in [2.05, 4.69) is 20.1 Å². The van der Waals surface area contributed by atoms with E-state index in [0.29, 0.717) is 0 Å². The van der Waals surface area contributed by atoms with Gasteiger partial charge in [0.1, 0.15) is 0 Å². The van der Waals surface area contributed by atoms with Gasteiger partial charge in [0.15, 0.2) is 0 Å². The van der Waals surface area contributed by atoms with Crippen molar-refractivity contribution >= 4 is 0 Å². The molecule has 0 saturated heterocycles. The van der Waals surface area contributed by atoms with Gasteiger partial charge in [-0.15, -0.1) is 13.2 Å².